The molecule has 6 nitrogen and oxygen atoms in total. The molecule has 0 spiro atoms. The molecule has 0 saturated carbocycles. The number of benzene rings is 1. The van der Waals surface area contributed by atoms with Gasteiger partial charge in [0.2, 0.25) is 5.91 Å². The molecule has 1 N–H and O–H groups in total. The topological polar surface area (TPSA) is 67.9 Å². The standard InChI is InChI=1S/C17H22N2O4/c20-15(12-18-17(21)16-2-1-9-23-16)13-3-5-14(6-4-13)19-7-10-22-11-8-19/h3-6,16H,1-2,7-12H2,(H,18,21). The van der Waals surface area contributed by atoms with Crippen molar-refractivity contribution in [1.29, 1.82) is 0 Å². The maximum absolute atomic E-state index is 12.2. The van der Waals surface area contributed by atoms with Crippen LogP contribution in [0.15, 0.2) is 24.3 Å². The van der Waals surface area contributed by atoms with Crippen LogP contribution in [-0.4, -0.2) is 57.2 Å². The van der Waals surface area contributed by atoms with E-state index >= 15 is 0 Å². The Balaban J connectivity index is 1.51. The average Bonchev–Trinajstić information content (AvgIpc) is 3.15. The second-order valence-electron chi connectivity index (χ2n) is 5.79. The second kappa shape index (κ2) is 7.57. The average molecular weight is 318 g/mol. The molecule has 2 aliphatic heterocycles. The van der Waals surface area contributed by atoms with E-state index in [9.17, 15) is 9.59 Å². The lowest BCUT2D eigenvalue weighted by molar-refractivity contribution is -0.129. The van der Waals surface area contributed by atoms with Crippen LogP contribution < -0.4 is 10.2 Å². The smallest absolute Gasteiger partial charge is 0.249 e. The summed E-state index contributed by atoms with van der Waals surface area (Å²) >= 11 is 0. The molecule has 1 unspecified atom stereocenters. The summed E-state index contributed by atoms with van der Waals surface area (Å²) in [6.45, 7) is 3.83. The molecule has 2 fully saturated rings. The maximum Gasteiger partial charge on any atom is 0.249 e. The van der Waals surface area contributed by atoms with Crippen molar-refractivity contribution >= 4 is 17.4 Å². The summed E-state index contributed by atoms with van der Waals surface area (Å²) in [4.78, 5) is 26.2. The summed E-state index contributed by atoms with van der Waals surface area (Å²) in [6, 6.07) is 7.51. The molecule has 0 aliphatic carbocycles. The minimum Gasteiger partial charge on any atom is -0.378 e. The van der Waals surface area contributed by atoms with Crippen molar-refractivity contribution in [2.24, 2.45) is 0 Å². The van der Waals surface area contributed by atoms with Crippen molar-refractivity contribution in [1.82, 2.24) is 5.32 Å². The first kappa shape index (κ1) is 16.0. The summed E-state index contributed by atoms with van der Waals surface area (Å²) in [7, 11) is 0. The molecule has 2 heterocycles. The highest BCUT2D eigenvalue weighted by molar-refractivity contribution is 5.99. The van der Waals surface area contributed by atoms with E-state index in [1.807, 2.05) is 24.3 Å². The van der Waals surface area contributed by atoms with E-state index < -0.39 is 6.10 Å². The number of ketones is 1. The number of rotatable bonds is 5. The quantitative estimate of drug-likeness (QED) is 0.821. The first-order valence-electron chi connectivity index (χ1n) is 8.09. The van der Waals surface area contributed by atoms with Crippen LogP contribution >= 0.6 is 0 Å². The molecule has 2 aliphatic rings. The zero-order valence-electron chi connectivity index (χ0n) is 13.1. The van der Waals surface area contributed by atoms with Crippen molar-refractivity contribution < 1.29 is 19.1 Å². The number of hydrogen-bond acceptors (Lipinski definition) is 5. The molecule has 0 aromatic heterocycles. The van der Waals surface area contributed by atoms with Crippen molar-refractivity contribution in [3.05, 3.63) is 29.8 Å². The molecule has 1 amide bonds. The lowest BCUT2D eigenvalue weighted by atomic mass is 10.1. The molecule has 2 saturated heterocycles. The minimum absolute atomic E-state index is 0.00952. The molecule has 124 valence electrons. The SMILES string of the molecule is O=C(CNC(=O)C1CCCO1)c1ccc(N2CCOCC2)cc1. The summed E-state index contributed by atoms with van der Waals surface area (Å²) < 4.78 is 10.6. The Morgan fingerprint density at radius 2 is 1.87 bits per heavy atom. The van der Waals surface area contributed by atoms with Crippen LogP contribution in [0.25, 0.3) is 0 Å². The van der Waals surface area contributed by atoms with Gasteiger partial charge in [-0.25, -0.2) is 0 Å². The van der Waals surface area contributed by atoms with Crippen molar-refractivity contribution in [2.45, 2.75) is 18.9 Å². The van der Waals surface area contributed by atoms with Gasteiger partial charge in [0, 0.05) is 30.9 Å². The molecule has 1 aromatic carbocycles. The molecule has 0 bridgehead atoms. The minimum atomic E-state index is -0.397. The summed E-state index contributed by atoms with van der Waals surface area (Å²) in [5, 5.41) is 2.66. The van der Waals surface area contributed by atoms with E-state index in [2.05, 4.69) is 10.2 Å². The highest BCUT2D eigenvalue weighted by Crippen LogP contribution is 2.17. The molecule has 1 aromatic rings. The molecular formula is C17H22N2O4. The number of amides is 1. The van der Waals surface area contributed by atoms with Crippen LogP contribution in [0.2, 0.25) is 0 Å². The summed E-state index contributed by atoms with van der Waals surface area (Å²) in [6.07, 6.45) is 1.23. The third kappa shape index (κ3) is 4.09. The molecular weight excluding hydrogens is 296 g/mol. The Morgan fingerprint density at radius 3 is 2.52 bits per heavy atom. The number of carbonyl (C=O) groups is 2. The summed E-state index contributed by atoms with van der Waals surface area (Å²) in [5.74, 6) is -0.286. The highest BCUT2D eigenvalue weighted by Gasteiger charge is 2.23. The molecule has 6 heteroatoms. The fourth-order valence-electron chi connectivity index (χ4n) is 2.85. The zero-order chi connectivity index (χ0) is 16.1. The van der Waals surface area contributed by atoms with Gasteiger partial charge in [0.1, 0.15) is 6.10 Å². The van der Waals surface area contributed by atoms with E-state index in [0.29, 0.717) is 12.2 Å². The van der Waals surface area contributed by atoms with E-state index in [1.54, 1.807) is 0 Å². The zero-order valence-corrected chi connectivity index (χ0v) is 13.1. The van der Waals surface area contributed by atoms with Crippen molar-refractivity contribution in [3.63, 3.8) is 0 Å². The van der Waals surface area contributed by atoms with Gasteiger partial charge >= 0.3 is 0 Å². The van der Waals surface area contributed by atoms with Crippen LogP contribution in [-0.2, 0) is 14.3 Å². The largest absolute Gasteiger partial charge is 0.378 e. The molecule has 3 rings (SSSR count). The number of ether oxygens (including phenoxy) is 2. The van der Waals surface area contributed by atoms with Gasteiger partial charge < -0.3 is 19.7 Å². The maximum atomic E-state index is 12.2. The van der Waals surface area contributed by atoms with Gasteiger partial charge in [-0.15, -0.1) is 0 Å². The van der Waals surface area contributed by atoms with E-state index in [-0.39, 0.29) is 18.2 Å². The third-order valence-electron chi connectivity index (χ3n) is 4.21. The predicted octanol–water partition coefficient (Wildman–Crippen LogP) is 1.00. The molecule has 1 atom stereocenters. The van der Waals surface area contributed by atoms with E-state index in [1.165, 1.54) is 0 Å². The number of anilines is 1. The van der Waals surface area contributed by atoms with E-state index in [4.69, 9.17) is 9.47 Å². The lowest BCUT2D eigenvalue weighted by Crippen LogP contribution is -2.37. The second-order valence-corrected chi connectivity index (χ2v) is 5.79. The molecule has 0 radical (unpaired) electrons. The number of Topliss-reactive ketones (excluding diaryl/α,β-unsaturated/α-hetero) is 1. The first-order chi connectivity index (χ1) is 11.2. The number of carbonyl (C=O) groups excluding carboxylic acids is 2. The fourth-order valence-corrected chi connectivity index (χ4v) is 2.85. The van der Waals surface area contributed by atoms with Crippen LogP contribution in [0.4, 0.5) is 5.69 Å². The molecule has 23 heavy (non-hydrogen) atoms. The van der Waals surface area contributed by atoms with Gasteiger partial charge in [0.25, 0.3) is 0 Å². The Bertz CT molecular complexity index is 546. The monoisotopic (exact) mass is 318 g/mol. The van der Waals surface area contributed by atoms with Gasteiger partial charge in [0.15, 0.2) is 5.78 Å². The Hall–Kier alpha value is -1.92. The predicted molar refractivity (Wildman–Crippen MR) is 85.8 cm³/mol. The lowest BCUT2D eigenvalue weighted by Gasteiger charge is -2.28. The number of hydrogen-bond donors (Lipinski definition) is 1. The number of nitrogens with one attached hydrogen (secondary N) is 1. The van der Waals surface area contributed by atoms with Crippen LogP contribution in [0.1, 0.15) is 23.2 Å². The Labute approximate surface area is 135 Å². The highest BCUT2D eigenvalue weighted by atomic mass is 16.5. The third-order valence-corrected chi connectivity index (χ3v) is 4.21. The van der Waals surface area contributed by atoms with Crippen molar-refractivity contribution in [2.75, 3.05) is 44.4 Å². The first-order valence-corrected chi connectivity index (χ1v) is 8.09. The Morgan fingerprint density at radius 1 is 1.13 bits per heavy atom. The van der Waals surface area contributed by atoms with Crippen LogP contribution in [0.5, 0.6) is 0 Å². The number of nitrogens with zero attached hydrogens (tertiary/aromatic N) is 1. The van der Waals surface area contributed by atoms with E-state index in [0.717, 1.165) is 44.8 Å². The van der Waals surface area contributed by atoms with Gasteiger partial charge in [-0.1, -0.05) is 0 Å². The Kier molecular flexibility index (Phi) is 5.25. The van der Waals surface area contributed by atoms with Gasteiger partial charge in [-0.2, -0.15) is 0 Å². The van der Waals surface area contributed by atoms with Crippen LogP contribution in [0.3, 0.4) is 0 Å². The summed E-state index contributed by atoms with van der Waals surface area (Å²) in [5.41, 5.74) is 1.70. The van der Waals surface area contributed by atoms with Gasteiger partial charge in [-0.3, -0.25) is 9.59 Å². The van der Waals surface area contributed by atoms with Gasteiger partial charge in [-0.05, 0) is 37.1 Å². The van der Waals surface area contributed by atoms with Gasteiger partial charge in [0.05, 0.1) is 19.8 Å². The van der Waals surface area contributed by atoms with Crippen LogP contribution in [0, 0.1) is 0 Å². The number of morpholine rings is 1. The fraction of sp³-hybridized carbons (Fsp3) is 0.529. The normalized spacial score (nSPS) is 21.2. The van der Waals surface area contributed by atoms with Crippen molar-refractivity contribution in [3.8, 4) is 0 Å².